The summed E-state index contributed by atoms with van der Waals surface area (Å²) in [5, 5.41) is 10.3. The van der Waals surface area contributed by atoms with Gasteiger partial charge in [0.2, 0.25) is 0 Å². The number of ether oxygens (including phenoxy) is 2. The van der Waals surface area contributed by atoms with Gasteiger partial charge in [0.15, 0.2) is 11.2 Å². The van der Waals surface area contributed by atoms with Crippen molar-refractivity contribution in [2.24, 2.45) is 0 Å². The van der Waals surface area contributed by atoms with Crippen molar-refractivity contribution < 1.29 is 28.2 Å². The van der Waals surface area contributed by atoms with Crippen LogP contribution in [0.25, 0.3) is 0 Å². The van der Waals surface area contributed by atoms with Gasteiger partial charge in [0.25, 0.3) is 5.91 Å². The first-order valence-electron chi connectivity index (χ1n) is 11.2. The fourth-order valence-electron chi connectivity index (χ4n) is 3.18. The van der Waals surface area contributed by atoms with Gasteiger partial charge < -0.3 is 25.0 Å². The minimum absolute atomic E-state index is 0.121. The van der Waals surface area contributed by atoms with Gasteiger partial charge in [-0.25, -0.2) is 19.0 Å². The summed E-state index contributed by atoms with van der Waals surface area (Å²) in [7, 11) is 0. The number of nitrogens with zero attached hydrogens (tertiary/aromatic N) is 2. The Labute approximate surface area is 207 Å². The number of rotatable bonds is 7. The first kappa shape index (κ1) is 26.4. The van der Waals surface area contributed by atoms with Crippen LogP contribution >= 0.6 is 11.3 Å². The smallest absolute Gasteiger partial charge is 0.410 e. The highest BCUT2D eigenvalue weighted by atomic mass is 32.1. The molecule has 10 nitrogen and oxygen atoms in total. The molecule has 1 aliphatic heterocycles. The molecule has 1 aromatic carbocycles. The molecule has 1 unspecified atom stereocenters. The summed E-state index contributed by atoms with van der Waals surface area (Å²) in [5.74, 6) is -0.680. The molecule has 0 spiro atoms. The van der Waals surface area contributed by atoms with Gasteiger partial charge in [-0.3, -0.25) is 10.1 Å². The number of carbonyl (C=O) groups is 3. The molecule has 1 aliphatic rings. The Kier molecular flexibility index (Phi) is 8.99. The van der Waals surface area contributed by atoms with Crippen molar-refractivity contribution in [2.45, 2.75) is 45.4 Å². The monoisotopic (exact) mass is 507 g/mol. The summed E-state index contributed by atoms with van der Waals surface area (Å²) in [6, 6.07) is 5.53. The average Bonchev–Trinajstić information content (AvgIpc) is 3.23. The number of benzene rings is 1. The van der Waals surface area contributed by atoms with Crippen molar-refractivity contribution in [3.63, 3.8) is 0 Å². The van der Waals surface area contributed by atoms with Crippen LogP contribution in [0.15, 0.2) is 29.6 Å². The molecule has 3 N–H and O–H groups in total. The second-order valence-corrected chi connectivity index (χ2v) is 9.77. The molecule has 2 heterocycles. The summed E-state index contributed by atoms with van der Waals surface area (Å²) in [6.07, 6.45) is -0.788. The molecule has 190 valence electrons. The van der Waals surface area contributed by atoms with Crippen molar-refractivity contribution in [1.82, 2.24) is 20.5 Å². The second-order valence-electron chi connectivity index (χ2n) is 8.91. The number of carbonyl (C=O) groups excluding carboxylic acids is 3. The average molecular weight is 508 g/mol. The van der Waals surface area contributed by atoms with Gasteiger partial charge in [-0.2, -0.15) is 0 Å². The fourth-order valence-corrected chi connectivity index (χ4v) is 3.92. The zero-order valence-corrected chi connectivity index (χ0v) is 20.7. The van der Waals surface area contributed by atoms with Crippen molar-refractivity contribution in [2.75, 3.05) is 31.6 Å². The highest BCUT2D eigenvalue weighted by Crippen LogP contribution is 2.16. The largest absolute Gasteiger partial charge is 0.444 e. The molecule has 0 radical (unpaired) electrons. The molecule has 1 fully saturated rings. The van der Waals surface area contributed by atoms with Gasteiger partial charge in [-0.05, 0) is 38.5 Å². The number of halogens is 1. The van der Waals surface area contributed by atoms with E-state index in [1.54, 1.807) is 38.3 Å². The number of morpholine rings is 1. The Bertz CT molecular complexity index is 1040. The topological polar surface area (TPSA) is 122 Å². The van der Waals surface area contributed by atoms with Crippen LogP contribution in [0, 0.1) is 5.82 Å². The van der Waals surface area contributed by atoms with E-state index in [-0.39, 0.29) is 31.4 Å². The van der Waals surface area contributed by atoms with Crippen molar-refractivity contribution in [3.8, 4) is 0 Å². The Morgan fingerprint density at radius 3 is 2.83 bits per heavy atom. The van der Waals surface area contributed by atoms with E-state index in [2.05, 4.69) is 20.9 Å². The maximum atomic E-state index is 13.2. The predicted octanol–water partition coefficient (Wildman–Crippen LogP) is 2.90. The number of anilines is 1. The van der Waals surface area contributed by atoms with Gasteiger partial charge in [0, 0.05) is 31.4 Å². The summed E-state index contributed by atoms with van der Waals surface area (Å²) in [5.41, 5.74) is 0.735. The van der Waals surface area contributed by atoms with E-state index in [4.69, 9.17) is 9.47 Å². The summed E-state index contributed by atoms with van der Waals surface area (Å²) < 4.78 is 24.1. The number of thiazole rings is 1. The Balaban J connectivity index is 1.38. The van der Waals surface area contributed by atoms with E-state index in [9.17, 15) is 18.8 Å². The lowest BCUT2D eigenvalue weighted by Crippen LogP contribution is -2.52. The van der Waals surface area contributed by atoms with Crippen LogP contribution in [-0.2, 0) is 27.2 Å². The van der Waals surface area contributed by atoms with Gasteiger partial charge in [-0.1, -0.05) is 12.1 Å². The van der Waals surface area contributed by atoms with E-state index >= 15 is 0 Å². The number of hydrogen-bond donors (Lipinski definition) is 3. The molecule has 0 bridgehead atoms. The van der Waals surface area contributed by atoms with E-state index in [0.29, 0.717) is 35.9 Å². The lowest BCUT2D eigenvalue weighted by atomic mass is 10.2. The van der Waals surface area contributed by atoms with Gasteiger partial charge >= 0.3 is 12.1 Å². The Hall–Kier alpha value is -3.25. The zero-order valence-electron chi connectivity index (χ0n) is 19.9. The molecule has 4 amide bonds. The molecule has 1 aromatic heterocycles. The lowest BCUT2D eigenvalue weighted by Gasteiger charge is -2.33. The van der Waals surface area contributed by atoms with Crippen LogP contribution in [-0.4, -0.2) is 65.9 Å². The number of aromatic nitrogens is 1. The minimum atomic E-state index is -0.772. The minimum Gasteiger partial charge on any atom is -0.444 e. The number of hydrogen-bond acceptors (Lipinski definition) is 7. The molecule has 2 aromatic rings. The maximum Gasteiger partial charge on any atom is 0.410 e. The van der Waals surface area contributed by atoms with Crippen LogP contribution in [0.2, 0.25) is 0 Å². The highest BCUT2D eigenvalue weighted by molar-refractivity contribution is 7.13. The van der Waals surface area contributed by atoms with E-state index in [1.807, 2.05) is 0 Å². The first-order valence-corrected chi connectivity index (χ1v) is 12.1. The van der Waals surface area contributed by atoms with Crippen LogP contribution in [0.3, 0.4) is 0 Å². The molecule has 1 atom stereocenters. The third kappa shape index (κ3) is 8.80. The molecule has 1 saturated heterocycles. The molecule has 0 aliphatic carbocycles. The Morgan fingerprint density at radius 1 is 1.29 bits per heavy atom. The maximum absolute atomic E-state index is 13.2. The number of urea groups is 1. The van der Waals surface area contributed by atoms with Crippen molar-refractivity contribution in [1.29, 1.82) is 0 Å². The van der Waals surface area contributed by atoms with Crippen molar-refractivity contribution in [3.05, 3.63) is 46.7 Å². The summed E-state index contributed by atoms with van der Waals surface area (Å²) >= 11 is 1.26. The van der Waals surface area contributed by atoms with E-state index in [0.717, 1.165) is 0 Å². The molecular formula is C23H30FN5O5S. The van der Waals surface area contributed by atoms with Crippen LogP contribution in [0.1, 0.15) is 32.0 Å². The fraction of sp³-hybridized carbons (Fsp3) is 0.478. The number of amides is 4. The Morgan fingerprint density at radius 2 is 2.09 bits per heavy atom. The van der Waals surface area contributed by atoms with Gasteiger partial charge in [-0.15, -0.1) is 11.3 Å². The number of nitrogens with one attached hydrogen (secondary N) is 3. The standard InChI is InChI=1S/C23H30FN5O5S/c1-23(2,3)34-22(32)29-9-10-33-18(13-29)19(30)25-8-7-17-14-35-21(27-17)28-20(31)26-12-15-5-4-6-16(24)11-15/h4-6,11,14,18H,7-10,12-13H2,1-3H3,(H,25,30)(H2,26,27,28,31). The first-order chi connectivity index (χ1) is 16.6. The highest BCUT2D eigenvalue weighted by Gasteiger charge is 2.31. The third-order valence-electron chi connectivity index (χ3n) is 4.81. The van der Waals surface area contributed by atoms with E-state index in [1.165, 1.54) is 28.4 Å². The van der Waals surface area contributed by atoms with Crippen LogP contribution in [0.4, 0.5) is 19.1 Å². The van der Waals surface area contributed by atoms with Crippen LogP contribution in [0.5, 0.6) is 0 Å². The molecular weight excluding hydrogens is 477 g/mol. The second kappa shape index (κ2) is 11.9. The summed E-state index contributed by atoms with van der Waals surface area (Å²) in [4.78, 5) is 42.6. The van der Waals surface area contributed by atoms with Gasteiger partial charge in [0.1, 0.15) is 11.4 Å². The SMILES string of the molecule is CC(C)(C)OC(=O)N1CCOC(C(=O)NCCc2csc(NC(=O)NCc3cccc(F)c3)n2)C1. The molecule has 0 saturated carbocycles. The molecule has 12 heteroatoms. The summed E-state index contributed by atoms with van der Waals surface area (Å²) in [6.45, 7) is 6.60. The lowest BCUT2D eigenvalue weighted by molar-refractivity contribution is -0.137. The molecule has 3 rings (SSSR count). The van der Waals surface area contributed by atoms with Gasteiger partial charge in [0.05, 0.1) is 18.8 Å². The third-order valence-corrected chi connectivity index (χ3v) is 5.61. The normalized spacial score (nSPS) is 15.9. The van der Waals surface area contributed by atoms with Crippen LogP contribution < -0.4 is 16.0 Å². The van der Waals surface area contributed by atoms with Crippen molar-refractivity contribution >= 4 is 34.5 Å². The quantitative estimate of drug-likeness (QED) is 0.530. The predicted molar refractivity (Wildman–Crippen MR) is 129 cm³/mol. The molecule has 35 heavy (non-hydrogen) atoms. The zero-order chi connectivity index (χ0) is 25.4. The van der Waals surface area contributed by atoms with E-state index < -0.39 is 23.8 Å².